The number of nitrogens with zero attached hydrogens (tertiary/aromatic N) is 1. The normalized spacial score (nSPS) is 18.7. The van der Waals surface area contributed by atoms with Gasteiger partial charge in [0.2, 0.25) is 5.91 Å². The molecule has 1 aromatic rings. The van der Waals surface area contributed by atoms with E-state index in [9.17, 15) is 18.0 Å². The number of nitrogens with one attached hydrogen (secondary N) is 1. The lowest BCUT2D eigenvalue weighted by atomic mass is 10.1. The number of carbonyl (C=O) groups excluding carboxylic acids is 2. The molecule has 1 N–H and O–H groups in total. The Hall–Kier alpha value is -1.89. The second kappa shape index (κ2) is 8.47. The number of benzene rings is 1. The van der Waals surface area contributed by atoms with E-state index in [1.165, 1.54) is 6.92 Å². The summed E-state index contributed by atoms with van der Waals surface area (Å²) in [4.78, 5) is 25.6. The summed E-state index contributed by atoms with van der Waals surface area (Å²) in [6.45, 7) is 4.50. The zero-order valence-corrected chi connectivity index (χ0v) is 15.6. The van der Waals surface area contributed by atoms with E-state index >= 15 is 0 Å². The van der Waals surface area contributed by atoms with Gasteiger partial charge < -0.3 is 10.2 Å². The maximum Gasteiger partial charge on any atom is 0.254 e. The van der Waals surface area contributed by atoms with Crippen molar-refractivity contribution in [3.8, 4) is 0 Å². The molecule has 0 aromatic heterocycles. The summed E-state index contributed by atoms with van der Waals surface area (Å²) in [5.41, 5.74) is 1.46. The molecule has 1 unspecified atom stereocenters. The quantitative estimate of drug-likeness (QED) is 0.797. The first-order valence-corrected chi connectivity index (χ1v) is 10.5. The number of carbonyl (C=O) groups is 2. The molecule has 7 heteroatoms. The number of sulfone groups is 1. The summed E-state index contributed by atoms with van der Waals surface area (Å²) in [7, 11) is -3.04. The molecular weight excluding hydrogens is 340 g/mol. The lowest BCUT2D eigenvalue weighted by Gasteiger charge is -2.28. The molecule has 1 fully saturated rings. The molecule has 0 radical (unpaired) electrons. The van der Waals surface area contributed by atoms with E-state index in [1.807, 2.05) is 19.1 Å². The Morgan fingerprint density at radius 1 is 1.24 bits per heavy atom. The highest BCUT2D eigenvalue weighted by atomic mass is 32.2. The van der Waals surface area contributed by atoms with Crippen LogP contribution in [0.2, 0.25) is 0 Å². The fraction of sp³-hybridized carbons (Fsp3) is 0.556. The van der Waals surface area contributed by atoms with Crippen LogP contribution in [0.1, 0.15) is 49.0 Å². The average molecular weight is 366 g/mol. The van der Waals surface area contributed by atoms with Crippen LogP contribution >= 0.6 is 0 Å². The molecule has 138 valence electrons. The maximum atomic E-state index is 12.9. The van der Waals surface area contributed by atoms with E-state index in [0.29, 0.717) is 25.1 Å². The molecule has 1 saturated heterocycles. The largest absolute Gasteiger partial charge is 0.352 e. The molecule has 2 amide bonds. The summed E-state index contributed by atoms with van der Waals surface area (Å²) in [5.74, 6) is -0.0123. The van der Waals surface area contributed by atoms with Gasteiger partial charge in [0.15, 0.2) is 9.84 Å². The Balaban J connectivity index is 2.11. The molecule has 25 heavy (non-hydrogen) atoms. The molecule has 2 rings (SSSR count). The van der Waals surface area contributed by atoms with Crippen molar-refractivity contribution in [3.05, 3.63) is 35.4 Å². The summed E-state index contributed by atoms with van der Waals surface area (Å²) in [6, 6.07) is 6.87. The molecule has 0 saturated carbocycles. The van der Waals surface area contributed by atoms with Crippen molar-refractivity contribution in [3.63, 3.8) is 0 Å². The highest BCUT2D eigenvalue weighted by Gasteiger charge is 2.34. The van der Waals surface area contributed by atoms with Gasteiger partial charge in [0, 0.05) is 31.6 Å². The van der Waals surface area contributed by atoms with Gasteiger partial charge in [-0.25, -0.2) is 8.42 Å². The molecule has 0 spiro atoms. The van der Waals surface area contributed by atoms with Gasteiger partial charge in [-0.05, 0) is 30.5 Å². The third-order valence-electron chi connectivity index (χ3n) is 4.40. The van der Waals surface area contributed by atoms with Gasteiger partial charge in [-0.2, -0.15) is 0 Å². The van der Waals surface area contributed by atoms with Crippen LogP contribution in [0.25, 0.3) is 0 Å². The van der Waals surface area contributed by atoms with Gasteiger partial charge in [0.05, 0.1) is 11.5 Å². The van der Waals surface area contributed by atoms with Gasteiger partial charge in [-0.1, -0.05) is 25.5 Å². The van der Waals surface area contributed by atoms with Crippen LogP contribution in [0.5, 0.6) is 0 Å². The van der Waals surface area contributed by atoms with Crippen molar-refractivity contribution in [1.82, 2.24) is 10.2 Å². The van der Waals surface area contributed by atoms with Crippen molar-refractivity contribution in [2.75, 3.05) is 18.1 Å². The predicted octanol–water partition coefficient (Wildman–Crippen LogP) is 1.75. The zero-order chi connectivity index (χ0) is 18.4. The minimum atomic E-state index is -3.04. The van der Waals surface area contributed by atoms with E-state index in [-0.39, 0.29) is 29.4 Å². The first-order chi connectivity index (χ1) is 11.8. The van der Waals surface area contributed by atoms with Crippen LogP contribution in [-0.2, 0) is 21.2 Å². The third-order valence-corrected chi connectivity index (χ3v) is 6.16. The van der Waals surface area contributed by atoms with Crippen LogP contribution in [0.4, 0.5) is 0 Å². The zero-order valence-electron chi connectivity index (χ0n) is 14.8. The molecule has 6 nitrogen and oxygen atoms in total. The molecule has 0 bridgehead atoms. The number of hydrogen-bond acceptors (Lipinski definition) is 4. The average Bonchev–Trinajstić information content (AvgIpc) is 2.93. The Morgan fingerprint density at radius 2 is 1.92 bits per heavy atom. The maximum absolute atomic E-state index is 12.9. The number of rotatable bonds is 7. The highest BCUT2D eigenvalue weighted by molar-refractivity contribution is 7.91. The lowest BCUT2D eigenvalue weighted by molar-refractivity contribution is -0.119. The Kier molecular flexibility index (Phi) is 6.58. The Labute approximate surface area is 149 Å². The van der Waals surface area contributed by atoms with Crippen molar-refractivity contribution < 1.29 is 18.0 Å². The summed E-state index contributed by atoms with van der Waals surface area (Å²) < 4.78 is 23.6. The second-order valence-corrected chi connectivity index (χ2v) is 8.74. The number of unbranched alkanes of at least 4 members (excludes halogenated alkanes) is 1. The van der Waals surface area contributed by atoms with E-state index < -0.39 is 9.84 Å². The summed E-state index contributed by atoms with van der Waals surface area (Å²) in [6.07, 6.45) is 2.31. The van der Waals surface area contributed by atoms with Crippen molar-refractivity contribution >= 4 is 21.7 Å². The van der Waals surface area contributed by atoms with E-state index in [4.69, 9.17) is 0 Å². The predicted molar refractivity (Wildman–Crippen MR) is 97.0 cm³/mol. The monoisotopic (exact) mass is 366 g/mol. The number of hydrogen-bond donors (Lipinski definition) is 1. The fourth-order valence-electron chi connectivity index (χ4n) is 2.96. The Bertz CT molecular complexity index is 713. The highest BCUT2D eigenvalue weighted by Crippen LogP contribution is 2.21. The van der Waals surface area contributed by atoms with Crippen LogP contribution in [0.15, 0.2) is 24.3 Å². The van der Waals surface area contributed by atoms with Gasteiger partial charge in [0.25, 0.3) is 5.91 Å². The molecule has 1 aromatic carbocycles. The first kappa shape index (κ1) is 19.4. The minimum Gasteiger partial charge on any atom is -0.352 e. The van der Waals surface area contributed by atoms with Crippen LogP contribution in [0.3, 0.4) is 0 Å². The topological polar surface area (TPSA) is 83.6 Å². The van der Waals surface area contributed by atoms with Crippen molar-refractivity contribution in [1.29, 1.82) is 0 Å². The first-order valence-electron chi connectivity index (χ1n) is 8.67. The van der Waals surface area contributed by atoms with E-state index in [1.54, 1.807) is 17.0 Å². The second-order valence-electron chi connectivity index (χ2n) is 6.52. The van der Waals surface area contributed by atoms with Crippen LogP contribution in [-0.4, -0.2) is 49.2 Å². The smallest absolute Gasteiger partial charge is 0.254 e. The molecular formula is C18H26N2O4S. The summed E-state index contributed by atoms with van der Waals surface area (Å²) in [5, 5.41) is 2.71. The van der Waals surface area contributed by atoms with Gasteiger partial charge in [-0.3, -0.25) is 9.59 Å². The standard InChI is InChI=1S/C18H26N2O4S/c1-3-4-10-20(17-9-11-25(23,24)13-17)18(22)16-7-5-15(6-8-16)12-19-14(2)21/h5-8,17H,3-4,9-13H2,1-2H3,(H,19,21). The molecule has 1 aliphatic rings. The SMILES string of the molecule is CCCCN(C(=O)c1ccc(CNC(C)=O)cc1)C1CCS(=O)(=O)C1. The molecule has 0 aliphatic carbocycles. The van der Waals surface area contributed by atoms with E-state index in [0.717, 1.165) is 18.4 Å². The lowest BCUT2D eigenvalue weighted by Crippen LogP contribution is -2.41. The van der Waals surface area contributed by atoms with Crippen molar-refractivity contribution in [2.24, 2.45) is 0 Å². The number of amides is 2. The summed E-state index contributed by atoms with van der Waals surface area (Å²) >= 11 is 0. The van der Waals surface area contributed by atoms with Crippen LogP contribution < -0.4 is 5.32 Å². The Morgan fingerprint density at radius 3 is 2.44 bits per heavy atom. The van der Waals surface area contributed by atoms with Gasteiger partial charge in [0.1, 0.15) is 0 Å². The molecule has 1 heterocycles. The fourth-order valence-corrected chi connectivity index (χ4v) is 4.69. The molecule has 1 atom stereocenters. The van der Waals surface area contributed by atoms with E-state index in [2.05, 4.69) is 5.32 Å². The van der Waals surface area contributed by atoms with Gasteiger partial charge >= 0.3 is 0 Å². The van der Waals surface area contributed by atoms with Crippen molar-refractivity contribution in [2.45, 2.75) is 45.7 Å². The van der Waals surface area contributed by atoms with Crippen LogP contribution in [0, 0.1) is 0 Å². The third kappa shape index (κ3) is 5.56. The minimum absolute atomic E-state index is 0.0586. The van der Waals surface area contributed by atoms with Gasteiger partial charge in [-0.15, -0.1) is 0 Å². The molecule has 1 aliphatic heterocycles.